The number of rotatable bonds is 16. The summed E-state index contributed by atoms with van der Waals surface area (Å²) in [5, 5.41) is 0. The molecule has 0 aromatic heterocycles. The van der Waals surface area contributed by atoms with Crippen LogP contribution in [0.1, 0.15) is 135 Å². The van der Waals surface area contributed by atoms with E-state index < -0.39 is 0 Å². The average Bonchev–Trinajstić information content (AvgIpc) is 2.69. The van der Waals surface area contributed by atoms with Crippen LogP contribution in [0.25, 0.3) is 0 Å². The molecule has 0 spiro atoms. The van der Waals surface area contributed by atoms with Crippen LogP contribution in [-0.4, -0.2) is 5.97 Å². The minimum absolute atomic E-state index is 0.280. The summed E-state index contributed by atoms with van der Waals surface area (Å²) in [5.41, 5.74) is 0.808. The lowest BCUT2D eigenvalue weighted by molar-refractivity contribution is -0.144. The van der Waals surface area contributed by atoms with Crippen LogP contribution in [0.5, 0.6) is 0 Å². The summed E-state index contributed by atoms with van der Waals surface area (Å²) in [6.45, 7) is 0. The molecular weight excluding hydrogens is 358 g/mol. The molecular formula is C26H47NO2. The Morgan fingerprint density at radius 1 is 0.655 bits per heavy atom. The van der Waals surface area contributed by atoms with Gasteiger partial charge in [-0.25, -0.2) is 0 Å². The van der Waals surface area contributed by atoms with Crippen LogP contribution < -0.4 is 5.90 Å². The van der Waals surface area contributed by atoms with Crippen molar-refractivity contribution < 1.29 is 9.63 Å². The van der Waals surface area contributed by atoms with Crippen molar-refractivity contribution in [3.05, 3.63) is 0 Å². The van der Waals surface area contributed by atoms with Gasteiger partial charge in [-0.3, -0.25) is 4.79 Å². The van der Waals surface area contributed by atoms with E-state index in [-0.39, 0.29) is 5.97 Å². The van der Waals surface area contributed by atoms with Gasteiger partial charge in [0.1, 0.15) is 0 Å². The molecule has 4 aliphatic carbocycles. The molecule has 2 N–H and O–H groups in total. The quantitative estimate of drug-likeness (QED) is 0.214. The van der Waals surface area contributed by atoms with Gasteiger partial charge in [0.25, 0.3) is 0 Å². The summed E-state index contributed by atoms with van der Waals surface area (Å²) in [6.07, 6.45) is 29.1. The summed E-state index contributed by atoms with van der Waals surface area (Å²) >= 11 is 0. The molecule has 168 valence electrons. The number of unbranched alkanes of at least 4 members (excludes halogenated alkanes) is 12. The first-order valence-electron chi connectivity index (χ1n) is 13.1. The molecule has 0 amide bonds. The average molecular weight is 406 g/mol. The minimum atomic E-state index is -0.280. The summed E-state index contributed by atoms with van der Waals surface area (Å²) in [4.78, 5) is 15.1. The molecule has 0 aromatic carbocycles. The van der Waals surface area contributed by atoms with E-state index in [0.29, 0.717) is 6.42 Å². The molecule has 4 aliphatic rings. The van der Waals surface area contributed by atoms with Gasteiger partial charge in [-0.1, -0.05) is 77.0 Å². The molecule has 0 atom stereocenters. The van der Waals surface area contributed by atoms with Gasteiger partial charge < -0.3 is 4.84 Å². The largest absolute Gasteiger partial charge is 0.373 e. The van der Waals surface area contributed by atoms with Crippen LogP contribution in [-0.2, 0) is 9.63 Å². The van der Waals surface area contributed by atoms with Gasteiger partial charge in [0.05, 0.1) is 0 Å². The topological polar surface area (TPSA) is 52.3 Å². The maximum Gasteiger partial charge on any atom is 0.324 e. The van der Waals surface area contributed by atoms with Crippen molar-refractivity contribution in [2.75, 3.05) is 0 Å². The number of carbonyl (C=O) groups is 1. The molecule has 0 radical (unpaired) electrons. The number of carbonyl (C=O) groups excluding carboxylic acids is 1. The smallest absolute Gasteiger partial charge is 0.324 e. The Bertz CT molecular complexity index is 440. The van der Waals surface area contributed by atoms with Crippen molar-refractivity contribution in [1.82, 2.24) is 0 Å². The second kappa shape index (κ2) is 12.3. The molecule has 4 rings (SSSR count). The first-order valence-corrected chi connectivity index (χ1v) is 13.1. The van der Waals surface area contributed by atoms with Crippen LogP contribution in [0.3, 0.4) is 0 Å². The van der Waals surface area contributed by atoms with Gasteiger partial charge in [0.2, 0.25) is 0 Å². The van der Waals surface area contributed by atoms with E-state index in [2.05, 4.69) is 4.84 Å². The zero-order valence-electron chi connectivity index (χ0n) is 19.0. The highest BCUT2D eigenvalue weighted by Gasteiger charge is 2.50. The van der Waals surface area contributed by atoms with E-state index in [1.54, 1.807) is 44.9 Å². The fourth-order valence-electron chi connectivity index (χ4n) is 7.37. The lowest BCUT2D eigenvalue weighted by atomic mass is 9.48. The van der Waals surface area contributed by atoms with Gasteiger partial charge in [0.15, 0.2) is 0 Å². The minimum Gasteiger partial charge on any atom is -0.373 e. The highest BCUT2D eigenvalue weighted by atomic mass is 16.7. The lowest BCUT2D eigenvalue weighted by Gasteiger charge is -2.57. The highest BCUT2D eigenvalue weighted by Crippen LogP contribution is 2.61. The summed E-state index contributed by atoms with van der Waals surface area (Å²) < 4.78 is 0. The summed E-state index contributed by atoms with van der Waals surface area (Å²) in [5.74, 6) is 7.92. The Labute approximate surface area is 179 Å². The van der Waals surface area contributed by atoms with E-state index in [1.165, 1.54) is 70.6 Å². The van der Waals surface area contributed by atoms with Crippen molar-refractivity contribution in [3.8, 4) is 0 Å². The Morgan fingerprint density at radius 2 is 1.03 bits per heavy atom. The lowest BCUT2D eigenvalue weighted by Crippen LogP contribution is -2.45. The molecule has 0 aliphatic heterocycles. The van der Waals surface area contributed by atoms with E-state index >= 15 is 0 Å². The Kier molecular flexibility index (Phi) is 9.82. The monoisotopic (exact) mass is 405 g/mol. The fourth-order valence-corrected chi connectivity index (χ4v) is 7.37. The summed E-state index contributed by atoms with van der Waals surface area (Å²) in [7, 11) is 0. The Balaban J connectivity index is 1.06. The first-order chi connectivity index (χ1) is 14.2. The number of nitrogens with two attached hydrogens (primary N) is 1. The first kappa shape index (κ1) is 23.1. The maximum atomic E-state index is 10.9. The third kappa shape index (κ3) is 7.89. The highest BCUT2D eigenvalue weighted by molar-refractivity contribution is 5.68. The van der Waals surface area contributed by atoms with Gasteiger partial charge in [-0.15, -0.1) is 0 Å². The molecule has 3 nitrogen and oxygen atoms in total. The van der Waals surface area contributed by atoms with E-state index in [0.717, 1.165) is 36.0 Å². The fraction of sp³-hybridized carbons (Fsp3) is 0.962. The SMILES string of the molecule is NOC(=O)CCCCCCCCCCCCCCCC12CC3CC(CC(C3)C1)C2. The van der Waals surface area contributed by atoms with Crippen LogP contribution in [0.4, 0.5) is 0 Å². The van der Waals surface area contributed by atoms with Crippen molar-refractivity contribution >= 4 is 5.97 Å². The normalized spacial score (nSPS) is 30.0. The van der Waals surface area contributed by atoms with E-state index in [9.17, 15) is 4.79 Å². The second-order valence-electron chi connectivity index (χ2n) is 11.0. The summed E-state index contributed by atoms with van der Waals surface area (Å²) in [6, 6.07) is 0. The molecule has 4 saturated carbocycles. The second-order valence-corrected chi connectivity index (χ2v) is 11.0. The predicted octanol–water partition coefficient (Wildman–Crippen LogP) is 7.47. The molecule has 0 saturated heterocycles. The van der Waals surface area contributed by atoms with Crippen molar-refractivity contribution in [1.29, 1.82) is 0 Å². The number of hydrogen-bond acceptors (Lipinski definition) is 3. The van der Waals surface area contributed by atoms with Crippen LogP contribution >= 0.6 is 0 Å². The molecule has 29 heavy (non-hydrogen) atoms. The molecule has 0 heterocycles. The molecule has 0 aromatic rings. The number of hydrogen-bond donors (Lipinski definition) is 1. The zero-order chi connectivity index (χ0) is 20.4. The molecule has 0 unspecified atom stereocenters. The van der Waals surface area contributed by atoms with E-state index in [4.69, 9.17) is 5.90 Å². The Hall–Kier alpha value is -0.570. The molecule has 3 heteroatoms. The van der Waals surface area contributed by atoms with Gasteiger partial charge in [0, 0.05) is 6.42 Å². The molecule has 4 bridgehead atoms. The van der Waals surface area contributed by atoms with Crippen LogP contribution in [0.2, 0.25) is 0 Å². The third-order valence-corrected chi connectivity index (χ3v) is 8.38. The predicted molar refractivity (Wildman–Crippen MR) is 120 cm³/mol. The van der Waals surface area contributed by atoms with Gasteiger partial charge in [-0.2, -0.15) is 5.90 Å². The van der Waals surface area contributed by atoms with Crippen LogP contribution in [0, 0.1) is 23.2 Å². The van der Waals surface area contributed by atoms with Gasteiger partial charge >= 0.3 is 5.97 Å². The maximum absolute atomic E-state index is 10.9. The standard InChI is InChI=1S/C26H47NO2/c27-29-25(28)14-12-10-8-6-4-2-1-3-5-7-9-11-13-15-26-19-22-16-23(20-26)18-24(17-22)21-26/h22-24H,1-21,27H2. The Morgan fingerprint density at radius 3 is 1.45 bits per heavy atom. The van der Waals surface area contributed by atoms with Crippen molar-refractivity contribution in [2.45, 2.75) is 135 Å². The zero-order valence-corrected chi connectivity index (χ0v) is 19.0. The van der Waals surface area contributed by atoms with E-state index in [1.807, 2.05) is 0 Å². The van der Waals surface area contributed by atoms with Gasteiger partial charge in [-0.05, 0) is 74.5 Å². The van der Waals surface area contributed by atoms with Crippen molar-refractivity contribution in [3.63, 3.8) is 0 Å². The van der Waals surface area contributed by atoms with Crippen molar-refractivity contribution in [2.24, 2.45) is 29.1 Å². The molecule has 4 fully saturated rings. The van der Waals surface area contributed by atoms with Crippen LogP contribution in [0.15, 0.2) is 0 Å². The third-order valence-electron chi connectivity index (χ3n) is 8.38.